The molecule has 0 atom stereocenters. The van der Waals surface area contributed by atoms with Crippen LogP contribution in [0.5, 0.6) is 0 Å². The Bertz CT molecular complexity index is 544. The summed E-state index contributed by atoms with van der Waals surface area (Å²) in [7, 11) is 1.43. The third-order valence-electron chi connectivity index (χ3n) is 4.61. The van der Waals surface area contributed by atoms with Crippen molar-refractivity contribution in [2.45, 2.75) is 38.5 Å². The number of hydrogen-bond donors (Lipinski definition) is 0. The standard InChI is InChI=1S/C16H21NO3S/c1-20-16(19)11-6-8-17(9-7-11)15(18)13-10-21-14-5-3-2-4-12(13)14/h10-11H,2-9H2,1H3. The van der Waals surface area contributed by atoms with Gasteiger partial charge in [-0.1, -0.05) is 0 Å². The van der Waals surface area contributed by atoms with Gasteiger partial charge < -0.3 is 9.64 Å². The van der Waals surface area contributed by atoms with Crippen LogP contribution in [0.1, 0.15) is 46.5 Å². The molecule has 1 aliphatic carbocycles. The number of ether oxygens (including phenoxy) is 1. The quantitative estimate of drug-likeness (QED) is 0.789. The summed E-state index contributed by atoms with van der Waals surface area (Å²) in [4.78, 5) is 27.5. The maximum absolute atomic E-state index is 12.7. The Morgan fingerprint density at radius 1 is 1.24 bits per heavy atom. The summed E-state index contributed by atoms with van der Waals surface area (Å²) in [6, 6.07) is 0. The number of hydrogen-bond acceptors (Lipinski definition) is 4. The van der Waals surface area contributed by atoms with E-state index in [0.717, 1.165) is 18.4 Å². The van der Waals surface area contributed by atoms with Gasteiger partial charge >= 0.3 is 5.97 Å². The number of carbonyl (C=O) groups is 2. The summed E-state index contributed by atoms with van der Waals surface area (Å²) < 4.78 is 4.79. The zero-order valence-corrected chi connectivity index (χ0v) is 13.2. The highest BCUT2D eigenvalue weighted by Crippen LogP contribution is 2.31. The molecule has 1 fully saturated rings. The van der Waals surface area contributed by atoms with Crippen molar-refractivity contribution in [3.05, 3.63) is 21.4 Å². The van der Waals surface area contributed by atoms with Crippen LogP contribution in [0.3, 0.4) is 0 Å². The number of likely N-dealkylation sites (tertiary alicyclic amines) is 1. The Balaban J connectivity index is 1.67. The smallest absolute Gasteiger partial charge is 0.308 e. The second-order valence-electron chi connectivity index (χ2n) is 5.85. The van der Waals surface area contributed by atoms with Crippen LogP contribution in [-0.2, 0) is 22.4 Å². The topological polar surface area (TPSA) is 46.6 Å². The van der Waals surface area contributed by atoms with Crippen molar-refractivity contribution in [2.75, 3.05) is 20.2 Å². The molecule has 3 rings (SSSR count). The first-order valence-electron chi connectivity index (χ1n) is 7.67. The number of esters is 1. The Morgan fingerprint density at radius 2 is 1.95 bits per heavy atom. The van der Waals surface area contributed by atoms with Crippen molar-refractivity contribution < 1.29 is 14.3 Å². The van der Waals surface area contributed by atoms with Gasteiger partial charge in [-0.25, -0.2) is 0 Å². The number of aryl methyl sites for hydroxylation is 1. The zero-order valence-electron chi connectivity index (χ0n) is 12.4. The fourth-order valence-electron chi connectivity index (χ4n) is 3.33. The van der Waals surface area contributed by atoms with Gasteiger partial charge in [-0.2, -0.15) is 0 Å². The normalized spacial score (nSPS) is 19.2. The van der Waals surface area contributed by atoms with E-state index in [4.69, 9.17) is 4.74 Å². The van der Waals surface area contributed by atoms with Crippen LogP contribution in [0.2, 0.25) is 0 Å². The van der Waals surface area contributed by atoms with Crippen LogP contribution in [0.4, 0.5) is 0 Å². The van der Waals surface area contributed by atoms with Crippen LogP contribution in [0.15, 0.2) is 5.38 Å². The lowest BCUT2D eigenvalue weighted by atomic mass is 9.93. The minimum atomic E-state index is -0.144. The number of thiophene rings is 1. The maximum atomic E-state index is 12.7. The van der Waals surface area contributed by atoms with E-state index in [1.54, 1.807) is 11.3 Å². The van der Waals surface area contributed by atoms with E-state index in [0.29, 0.717) is 25.9 Å². The Hall–Kier alpha value is -1.36. The highest BCUT2D eigenvalue weighted by molar-refractivity contribution is 7.10. The minimum Gasteiger partial charge on any atom is -0.469 e. The molecule has 0 aromatic carbocycles. The van der Waals surface area contributed by atoms with Crippen LogP contribution in [0.25, 0.3) is 0 Å². The third-order valence-corrected chi connectivity index (χ3v) is 5.70. The Labute approximate surface area is 129 Å². The van der Waals surface area contributed by atoms with Gasteiger partial charge in [0.2, 0.25) is 0 Å². The van der Waals surface area contributed by atoms with Crippen molar-refractivity contribution in [1.29, 1.82) is 0 Å². The number of methoxy groups -OCH3 is 1. The molecule has 1 saturated heterocycles. The fourth-order valence-corrected chi connectivity index (χ4v) is 4.45. The average Bonchev–Trinajstić information content (AvgIpc) is 2.97. The number of carbonyl (C=O) groups excluding carboxylic acids is 2. The van der Waals surface area contributed by atoms with Crippen LogP contribution >= 0.6 is 11.3 Å². The molecule has 0 unspecified atom stereocenters. The van der Waals surface area contributed by atoms with Crippen molar-refractivity contribution >= 4 is 23.2 Å². The number of piperidine rings is 1. The molecule has 1 aromatic rings. The lowest BCUT2D eigenvalue weighted by Gasteiger charge is -2.31. The molecule has 0 radical (unpaired) electrons. The SMILES string of the molecule is COC(=O)C1CCN(C(=O)c2csc3c2CCCC3)CC1. The van der Waals surface area contributed by atoms with Gasteiger partial charge in [-0.3, -0.25) is 9.59 Å². The largest absolute Gasteiger partial charge is 0.469 e. The summed E-state index contributed by atoms with van der Waals surface area (Å²) in [6.07, 6.45) is 6.02. The van der Waals surface area contributed by atoms with E-state index in [9.17, 15) is 9.59 Å². The second-order valence-corrected chi connectivity index (χ2v) is 6.81. The molecule has 21 heavy (non-hydrogen) atoms. The Morgan fingerprint density at radius 3 is 2.67 bits per heavy atom. The second kappa shape index (κ2) is 6.18. The molecule has 1 amide bonds. The molecule has 0 N–H and O–H groups in total. The van der Waals surface area contributed by atoms with Crippen LogP contribution in [0, 0.1) is 5.92 Å². The van der Waals surface area contributed by atoms with E-state index in [2.05, 4.69) is 0 Å². The molecular formula is C16H21NO3S. The molecule has 5 heteroatoms. The van der Waals surface area contributed by atoms with E-state index in [1.165, 1.54) is 30.4 Å². The first kappa shape index (κ1) is 14.6. The zero-order chi connectivity index (χ0) is 14.8. The van der Waals surface area contributed by atoms with Gasteiger partial charge in [0.05, 0.1) is 18.6 Å². The molecule has 2 aliphatic rings. The summed E-state index contributed by atoms with van der Waals surface area (Å²) in [5.41, 5.74) is 2.19. The molecule has 0 spiro atoms. The van der Waals surface area contributed by atoms with E-state index in [1.807, 2.05) is 10.3 Å². The molecule has 0 bridgehead atoms. The molecule has 0 saturated carbocycles. The highest BCUT2D eigenvalue weighted by atomic mass is 32.1. The van der Waals surface area contributed by atoms with E-state index < -0.39 is 0 Å². The predicted molar refractivity (Wildman–Crippen MR) is 81.6 cm³/mol. The van der Waals surface area contributed by atoms with Crippen LogP contribution < -0.4 is 0 Å². The molecule has 114 valence electrons. The number of fused-ring (bicyclic) bond motifs is 1. The monoisotopic (exact) mass is 307 g/mol. The van der Waals surface area contributed by atoms with Gasteiger partial charge in [0.15, 0.2) is 0 Å². The first-order chi connectivity index (χ1) is 10.2. The van der Waals surface area contributed by atoms with Gasteiger partial charge in [0.25, 0.3) is 5.91 Å². The number of nitrogens with zero attached hydrogens (tertiary/aromatic N) is 1. The van der Waals surface area contributed by atoms with Gasteiger partial charge in [0, 0.05) is 23.3 Å². The maximum Gasteiger partial charge on any atom is 0.308 e. The first-order valence-corrected chi connectivity index (χ1v) is 8.55. The van der Waals surface area contributed by atoms with Crippen molar-refractivity contribution in [3.63, 3.8) is 0 Å². The average molecular weight is 307 g/mol. The number of amides is 1. The minimum absolute atomic E-state index is 0.0459. The van der Waals surface area contributed by atoms with Crippen molar-refractivity contribution in [3.8, 4) is 0 Å². The van der Waals surface area contributed by atoms with Gasteiger partial charge in [0.1, 0.15) is 0 Å². The lowest BCUT2D eigenvalue weighted by Crippen LogP contribution is -2.40. The lowest BCUT2D eigenvalue weighted by molar-refractivity contribution is -0.146. The fraction of sp³-hybridized carbons (Fsp3) is 0.625. The van der Waals surface area contributed by atoms with E-state index >= 15 is 0 Å². The highest BCUT2D eigenvalue weighted by Gasteiger charge is 2.30. The predicted octanol–water partition coefficient (Wildman–Crippen LogP) is 2.65. The van der Waals surface area contributed by atoms with E-state index in [-0.39, 0.29) is 17.8 Å². The molecule has 2 heterocycles. The van der Waals surface area contributed by atoms with Crippen LogP contribution in [-0.4, -0.2) is 37.0 Å². The van der Waals surface area contributed by atoms with Crippen molar-refractivity contribution in [2.24, 2.45) is 5.92 Å². The van der Waals surface area contributed by atoms with Gasteiger partial charge in [-0.15, -0.1) is 11.3 Å². The Kier molecular flexibility index (Phi) is 4.29. The van der Waals surface area contributed by atoms with Gasteiger partial charge in [-0.05, 0) is 44.1 Å². The molecular weight excluding hydrogens is 286 g/mol. The molecule has 4 nitrogen and oxygen atoms in total. The summed E-state index contributed by atoms with van der Waals surface area (Å²) >= 11 is 1.73. The molecule has 1 aromatic heterocycles. The summed E-state index contributed by atoms with van der Waals surface area (Å²) in [5.74, 6) is -0.0387. The third kappa shape index (κ3) is 2.84. The van der Waals surface area contributed by atoms with Crippen molar-refractivity contribution in [1.82, 2.24) is 4.90 Å². The summed E-state index contributed by atoms with van der Waals surface area (Å²) in [5, 5.41) is 2.03. The number of rotatable bonds is 2. The molecule has 1 aliphatic heterocycles. The summed E-state index contributed by atoms with van der Waals surface area (Å²) in [6.45, 7) is 1.31.